The fraction of sp³-hybridized carbons (Fsp3) is 0.462. The zero-order valence-electron chi connectivity index (χ0n) is 19.7. The lowest BCUT2D eigenvalue weighted by Crippen LogP contribution is -2.35. The number of nitrogens with zero attached hydrogens (tertiary/aromatic N) is 4. The Morgan fingerprint density at radius 2 is 1.97 bits per heavy atom. The molecule has 166 valence electrons. The Labute approximate surface area is 187 Å². The number of hydrogen-bond acceptors (Lipinski definition) is 4. The smallest absolute Gasteiger partial charge is 0.0974 e. The van der Waals surface area contributed by atoms with Crippen LogP contribution in [0, 0.1) is 25.7 Å². The molecule has 1 N–H and O–H groups in total. The summed E-state index contributed by atoms with van der Waals surface area (Å²) in [6.45, 7) is 19.0. The van der Waals surface area contributed by atoms with E-state index in [9.17, 15) is 0 Å². The molecule has 0 spiro atoms. The lowest BCUT2D eigenvalue weighted by Gasteiger charge is -2.23. The van der Waals surface area contributed by atoms with Crippen molar-refractivity contribution in [1.29, 1.82) is 0 Å². The van der Waals surface area contributed by atoms with Gasteiger partial charge in [0.05, 0.1) is 11.4 Å². The second-order valence-corrected chi connectivity index (χ2v) is 8.26. The third kappa shape index (κ3) is 5.16. The third-order valence-electron chi connectivity index (χ3n) is 6.30. The van der Waals surface area contributed by atoms with Crippen LogP contribution in [0.5, 0.6) is 0 Å². The maximum atomic E-state index is 4.83. The summed E-state index contributed by atoms with van der Waals surface area (Å²) in [4.78, 5) is 6.93. The van der Waals surface area contributed by atoms with E-state index in [1.54, 1.807) is 0 Å². The van der Waals surface area contributed by atoms with Gasteiger partial charge >= 0.3 is 0 Å². The number of aryl methyl sites for hydroxylation is 2. The highest BCUT2D eigenvalue weighted by molar-refractivity contribution is 5.67. The molecule has 2 fully saturated rings. The zero-order valence-corrected chi connectivity index (χ0v) is 19.7. The molecule has 0 radical (unpaired) electrons. The van der Waals surface area contributed by atoms with Crippen molar-refractivity contribution in [2.24, 2.45) is 11.8 Å². The topological polar surface area (TPSA) is 46.0 Å². The van der Waals surface area contributed by atoms with Gasteiger partial charge < -0.3 is 10.2 Å². The second-order valence-electron chi connectivity index (χ2n) is 8.26. The molecule has 4 rings (SSSR count). The van der Waals surface area contributed by atoms with Crippen LogP contribution in [0.15, 0.2) is 55.0 Å². The standard InChI is InChI=1S/C24H31N5.C2H6/c1-5-22(9-8-18(3)28-15-20-10-12-25-13-21(20)16-28)29-14-17(2)24(27-29)23-7-6-11-26-19(23)4;1-2/h5-9,11,14,20-21,25H,1,10,12-13,15-16H2,2-4H3;1-2H3/b18-8+,22-9+;. The first kappa shape index (κ1) is 23.0. The monoisotopic (exact) mass is 419 g/mol. The van der Waals surface area contributed by atoms with E-state index in [0.29, 0.717) is 0 Å². The first-order chi connectivity index (χ1) is 15.1. The van der Waals surface area contributed by atoms with Crippen LogP contribution in [0.2, 0.25) is 0 Å². The molecule has 2 aliphatic rings. The van der Waals surface area contributed by atoms with Gasteiger partial charge in [0.2, 0.25) is 0 Å². The van der Waals surface area contributed by atoms with E-state index in [-0.39, 0.29) is 0 Å². The second kappa shape index (κ2) is 10.6. The molecule has 0 saturated carbocycles. The molecule has 0 aliphatic carbocycles. The van der Waals surface area contributed by atoms with Gasteiger partial charge in [-0.05, 0) is 88.0 Å². The summed E-state index contributed by atoms with van der Waals surface area (Å²) in [7, 11) is 0. The normalized spacial score (nSPS) is 21.4. The fourth-order valence-electron chi connectivity index (χ4n) is 4.50. The average molecular weight is 420 g/mol. The van der Waals surface area contributed by atoms with Gasteiger partial charge in [0.15, 0.2) is 0 Å². The molecule has 5 heteroatoms. The Balaban J connectivity index is 0.00000132. The molecule has 2 saturated heterocycles. The van der Waals surface area contributed by atoms with Crippen molar-refractivity contribution in [3.8, 4) is 11.3 Å². The summed E-state index contributed by atoms with van der Waals surface area (Å²) in [5.74, 6) is 1.62. The molecule has 2 aliphatic heterocycles. The molecule has 2 atom stereocenters. The number of aromatic nitrogens is 3. The van der Waals surface area contributed by atoms with Gasteiger partial charge in [-0.3, -0.25) is 4.98 Å². The van der Waals surface area contributed by atoms with Crippen LogP contribution in [-0.2, 0) is 0 Å². The lowest BCUT2D eigenvalue weighted by molar-refractivity contribution is 0.318. The van der Waals surface area contributed by atoms with Gasteiger partial charge in [-0.2, -0.15) is 5.10 Å². The Morgan fingerprint density at radius 1 is 1.19 bits per heavy atom. The van der Waals surface area contributed by atoms with Crippen molar-refractivity contribution < 1.29 is 0 Å². The molecule has 0 aromatic carbocycles. The summed E-state index contributed by atoms with van der Waals surface area (Å²) in [6, 6.07) is 4.03. The molecule has 5 nitrogen and oxygen atoms in total. The van der Waals surface area contributed by atoms with Gasteiger partial charge in [0.25, 0.3) is 0 Å². The largest absolute Gasteiger partial charge is 0.374 e. The SMILES string of the molecule is C=C/C(=C\C=C(/C)N1CC2CCNCC2C1)n1cc(C)c(-c2cccnc2C)n1.CC. The Hall–Kier alpha value is -2.66. The molecular weight excluding hydrogens is 382 g/mol. The Kier molecular flexibility index (Phi) is 7.85. The van der Waals surface area contributed by atoms with Crippen molar-refractivity contribution in [3.05, 3.63) is 66.3 Å². The minimum absolute atomic E-state index is 0.786. The first-order valence-electron chi connectivity index (χ1n) is 11.5. The molecule has 4 heterocycles. The van der Waals surface area contributed by atoms with Gasteiger partial charge in [-0.15, -0.1) is 0 Å². The van der Waals surface area contributed by atoms with E-state index in [2.05, 4.69) is 60.0 Å². The van der Waals surface area contributed by atoms with Crippen molar-refractivity contribution in [3.63, 3.8) is 0 Å². The Morgan fingerprint density at radius 3 is 2.68 bits per heavy atom. The molecule has 0 amide bonds. The van der Waals surface area contributed by atoms with Crippen LogP contribution in [0.3, 0.4) is 0 Å². The number of piperidine rings is 1. The van der Waals surface area contributed by atoms with E-state index in [1.807, 2.05) is 43.8 Å². The first-order valence-corrected chi connectivity index (χ1v) is 11.5. The van der Waals surface area contributed by atoms with E-state index in [4.69, 9.17) is 5.10 Å². The Bertz CT molecular complexity index is 938. The summed E-state index contributed by atoms with van der Waals surface area (Å²) >= 11 is 0. The van der Waals surface area contributed by atoms with Crippen molar-refractivity contribution in [1.82, 2.24) is 25.0 Å². The van der Waals surface area contributed by atoms with Crippen LogP contribution in [-0.4, -0.2) is 45.8 Å². The van der Waals surface area contributed by atoms with Gasteiger partial charge in [0.1, 0.15) is 0 Å². The zero-order chi connectivity index (χ0) is 22.4. The third-order valence-corrected chi connectivity index (χ3v) is 6.30. The summed E-state index contributed by atoms with van der Waals surface area (Å²) in [5.41, 5.74) is 6.45. The summed E-state index contributed by atoms with van der Waals surface area (Å²) in [5, 5.41) is 8.37. The summed E-state index contributed by atoms with van der Waals surface area (Å²) in [6.07, 6.45) is 11.4. The van der Waals surface area contributed by atoms with Gasteiger partial charge in [-0.25, -0.2) is 4.68 Å². The predicted molar refractivity (Wildman–Crippen MR) is 131 cm³/mol. The van der Waals surface area contributed by atoms with Gasteiger partial charge in [0, 0.05) is 42.4 Å². The molecule has 0 bridgehead atoms. The molecule has 31 heavy (non-hydrogen) atoms. The van der Waals surface area contributed by atoms with Gasteiger partial charge in [-0.1, -0.05) is 20.4 Å². The summed E-state index contributed by atoms with van der Waals surface area (Å²) < 4.78 is 1.92. The van der Waals surface area contributed by atoms with Crippen molar-refractivity contribution in [2.75, 3.05) is 26.2 Å². The van der Waals surface area contributed by atoms with E-state index >= 15 is 0 Å². The molecule has 2 aromatic heterocycles. The highest BCUT2D eigenvalue weighted by Gasteiger charge is 2.34. The number of likely N-dealkylation sites (tertiary alicyclic amines) is 1. The van der Waals surface area contributed by atoms with Crippen molar-refractivity contribution in [2.45, 2.75) is 41.0 Å². The highest BCUT2D eigenvalue weighted by Crippen LogP contribution is 2.30. The minimum atomic E-state index is 0.786. The number of pyridine rings is 1. The van der Waals surface area contributed by atoms with E-state index in [0.717, 1.165) is 59.7 Å². The van der Waals surface area contributed by atoms with Crippen LogP contribution < -0.4 is 5.32 Å². The lowest BCUT2D eigenvalue weighted by atomic mass is 9.90. The number of allylic oxidation sites excluding steroid dienone is 5. The quantitative estimate of drug-likeness (QED) is 0.688. The highest BCUT2D eigenvalue weighted by atomic mass is 15.3. The van der Waals surface area contributed by atoms with Crippen LogP contribution in [0.25, 0.3) is 17.0 Å². The van der Waals surface area contributed by atoms with Crippen LogP contribution in [0.1, 0.15) is 38.4 Å². The predicted octanol–water partition coefficient (Wildman–Crippen LogP) is 5.06. The number of rotatable bonds is 5. The molecule has 2 aromatic rings. The van der Waals surface area contributed by atoms with Crippen LogP contribution >= 0.6 is 0 Å². The molecular formula is C26H37N5. The fourth-order valence-corrected chi connectivity index (χ4v) is 4.50. The van der Waals surface area contributed by atoms with E-state index < -0.39 is 0 Å². The number of fused-ring (bicyclic) bond motifs is 1. The maximum absolute atomic E-state index is 4.83. The van der Waals surface area contributed by atoms with E-state index in [1.165, 1.54) is 18.7 Å². The number of hydrogen-bond donors (Lipinski definition) is 1. The minimum Gasteiger partial charge on any atom is -0.374 e. The van der Waals surface area contributed by atoms with Crippen LogP contribution in [0.4, 0.5) is 0 Å². The number of nitrogens with one attached hydrogen (secondary N) is 1. The maximum Gasteiger partial charge on any atom is 0.0974 e. The van der Waals surface area contributed by atoms with Crippen molar-refractivity contribution >= 4 is 5.70 Å². The average Bonchev–Trinajstić information content (AvgIpc) is 3.39. The molecule has 2 unspecified atom stereocenters.